The maximum absolute atomic E-state index is 13.0. The molecule has 1 aliphatic heterocycles. The zero-order valence-electron chi connectivity index (χ0n) is 10.8. The van der Waals surface area contributed by atoms with Crippen molar-refractivity contribution in [2.75, 3.05) is 4.90 Å². The van der Waals surface area contributed by atoms with Crippen molar-refractivity contribution in [1.29, 1.82) is 0 Å². The third kappa shape index (κ3) is 1.45. The molecule has 1 saturated carbocycles. The van der Waals surface area contributed by atoms with Crippen molar-refractivity contribution in [3.8, 4) is 0 Å². The number of carbonyl (C=O) groups excluding carboxylic acids is 2. The second-order valence-corrected chi connectivity index (χ2v) is 5.83. The molecule has 5 rings (SSSR count). The summed E-state index contributed by atoms with van der Waals surface area (Å²) in [6, 6.07) is 5.56. The van der Waals surface area contributed by atoms with Crippen molar-refractivity contribution < 1.29 is 14.0 Å². The van der Waals surface area contributed by atoms with E-state index in [1.807, 2.05) is 0 Å². The number of fused-ring (bicyclic) bond motifs is 1. The van der Waals surface area contributed by atoms with E-state index >= 15 is 0 Å². The van der Waals surface area contributed by atoms with E-state index in [0.29, 0.717) is 5.69 Å². The first-order valence-electron chi connectivity index (χ1n) is 6.98. The van der Waals surface area contributed by atoms with Gasteiger partial charge in [-0.1, -0.05) is 12.2 Å². The van der Waals surface area contributed by atoms with Gasteiger partial charge in [0.15, 0.2) is 0 Å². The third-order valence-corrected chi connectivity index (χ3v) is 4.84. The molecule has 2 amide bonds. The average molecular weight is 271 g/mol. The fraction of sp³-hybridized carbons (Fsp3) is 0.375. The molecule has 2 fully saturated rings. The summed E-state index contributed by atoms with van der Waals surface area (Å²) in [7, 11) is 0. The lowest BCUT2D eigenvalue weighted by molar-refractivity contribution is -0.124. The number of halogens is 1. The van der Waals surface area contributed by atoms with Crippen LogP contribution in [0.4, 0.5) is 10.1 Å². The molecule has 1 aromatic rings. The highest BCUT2D eigenvalue weighted by molar-refractivity contribution is 6.22. The molecule has 4 heteroatoms. The quantitative estimate of drug-likeness (QED) is 0.581. The number of hydrogen-bond acceptors (Lipinski definition) is 2. The van der Waals surface area contributed by atoms with Gasteiger partial charge in [-0.25, -0.2) is 4.39 Å². The highest BCUT2D eigenvalue weighted by Gasteiger charge is 2.56. The van der Waals surface area contributed by atoms with Crippen LogP contribution in [0.3, 0.4) is 0 Å². The van der Waals surface area contributed by atoms with Crippen LogP contribution in [0.2, 0.25) is 0 Å². The molecule has 0 aromatic heterocycles. The Morgan fingerprint density at radius 1 is 0.900 bits per heavy atom. The van der Waals surface area contributed by atoms with Crippen molar-refractivity contribution >= 4 is 17.5 Å². The second kappa shape index (κ2) is 4.01. The summed E-state index contributed by atoms with van der Waals surface area (Å²) in [5.41, 5.74) is 0.482. The van der Waals surface area contributed by atoms with Crippen LogP contribution in [0.25, 0.3) is 0 Å². The van der Waals surface area contributed by atoms with Gasteiger partial charge in [0.05, 0.1) is 17.5 Å². The highest BCUT2D eigenvalue weighted by atomic mass is 19.1. The minimum atomic E-state index is -0.369. The Bertz CT molecular complexity index is 590. The largest absolute Gasteiger partial charge is 0.274 e. The van der Waals surface area contributed by atoms with Crippen LogP contribution in [-0.2, 0) is 9.59 Å². The normalized spacial score (nSPS) is 34.8. The molecule has 1 heterocycles. The Morgan fingerprint density at radius 2 is 1.40 bits per heavy atom. The van der Waals surface area contributed by atoms with Crippen molar-refractivity contribution in [2.45, 2.75) is 12.8 Å². The predicted molar refractivity (Wildman–Crippen MR) is 71.2 cm³/mol. The van der Waals surface area contributed by atoms with E-state index in [0.717, 1.165) is 12.8 Å². The molecule has 4 aliphatic rings. The zero-order chi connectivity index (χ0) is 13.9. The molecule has 1 aromatic carbocycles. The minimum absolute atomic E-state index is 0.120. The number of allylic oxidation sites excluding steroid dienone is 2. The van der Waals surface area contributed by atoms with Gasteiger partial charge in [0, 0.05) is 0 Å². The Balaban J connectivity index is 1.75. The Morgan fingerprint density at radius 3 is 1.85 bits per heavy atom. The van der Waals surface area contributed by atoms with E-state index in [9.17, 15) is 14.0 Å². The number of nitrogens with zero attached hydrogens (tertiary/aromatic N) is 1. The molecule has 3 aliphatic carbocycles. The summed E-state index contributed by atoms with van der Waals surface area (Å²) in [4.78, 5) is 26.5. The maximum atomic E-state index is 13.0. The lowest BCUT2D eigenvalue weighted by Gasteiger charge is -2.38. The zero-order valence-corrected chi connectivity index (χ0v) is 10.8. The van der Waals surface area contributed by atoms with Crippen molar-refractivity contribution in [1.82, 2.24) is 0 Å². The monoisotopic (exact) mass is 271 g/mol. The van der Waals surface area contributed by atoms with Gasteiger partial charge in [-0.15, -0.1) is 0 Å². The first-order chi connectivity index (χ1) is 9.66. The molecular weight excluding hydrogens is 257 g/mol. The number of rotatable bonds is 1. The van der Waals surface area contributed by atoms with Gasteiger partial charge in [0.1, 0.15) is 5.82 Å². The topological polar surface area (TPSA) is 37.4 Å². The number of imide groups is 1. The molecule has 102 valence electrons. The summed E-state index contributed by atoms with van der Waals surface area (Å²) >= 11 is 0. The summed E-state index contributed by atoms with van der Waals surface area (Å²) in [5, 5.41) is 0. The van der Waals surface area contributed by atoms with Gasteiger partial charge in [-0.2, -0.15) is 0 Å². The van der Waals surface area contributed by atoms with E-state index < -0.39 is 0 Å². The molecule has 1 saturated heterocycles. The molecule has 0 unspecified atom stereocenters. The van der Waals surface area contributed by atoms with E-state index in [1.54, 1.807) is 0 Å². The SMILES string of the molecule is O=C1[C@@H]2[C@@H](C(=O)N1c1ccc(F)cc1)[C@@H]1C=C[C@@H]2CC1. The molecule has 0 spiro atoms. The van der Waals surface area contributed by atoms with Crippen LogP contribution in [0, 0.1) is 29.5 Å². The second-order valence-electron chi connectivity index (χ2n) is 5.83. The number of carbonyl (C=O) groups is 2. The fourth-order valence-corrected chi connectivity index (χ4v) is 3.92. The van der Waals surface area contributed by atoms with Crippen LogP contribution in [0.5, 0.6) is 0 Å². The van der Waals surface area contributed by atoms with Gasteiger partial charge < -0.3 is 0 Å². The van der Waals surface area contributed by atoms with Crippen LogP contribution in [-0.4, -0.2) is 11.8 Å². The summed E-state index contributed by atoms with van der Waals surface area (Å²) in [6.45, 7) is 0. The van der Waals surface area contributed by atoms with Gasteiger partial charge in [-0.05, 0) is 48.9 Å². The van der Waals surface area contributed by atoms with Gasteiger partial charge in [0.25, 0.3) is 0 Å². The number of hydrogen-bond donors (Lipinski definition) is 0. The fourth-order valence-electron chi connectivity index (χ4n) is 3.92. The molecule has 0 radical (unpaired) electrons. The smallest absolute Gasteiger partial charge is 0.238 e. The first kappa shape index (κ1) is 11.8. The Kier molecular flexibility index (Phi) is 2.37. The van der Waals surface area contributed by atoms with Gasteiger partial charge in [0.2, 0.25) is 11.8 Å². The number of amides is 2. The van der Waals surface area contributed by atoms with Crippen molar-refractivity contribution in [2.24, 2.45) is 23.7 Å². The van der Waals surface area contributed by atoms with Crippen molar-refractivity contribution in [3.05, 3.63) is 42.2 Å². The molecule has 2 bridgehead atoms. The van der Waals surface area contributed by atoms with E-state index in [1.165, 1.54) is 29.2 Å². The molecular formula is C16H14FNO2. The van der Waals surface area contributed by atoms with Gasteiger partial charge >= 0.3 is 0 Å². The van der Waals surface area contributed by atoms with Crippen LogP contribution in [0.15, 0.2) is 36.4 Å². The number of benzene rings is 1. The minimum Gasteiger partial charge on any atom is -0.274 e. The summed E-state index contributed by atoms with van der Waals surface area (Å²) in [5.74, 6) is -0.658. The Hall–Kier alpha value is -1.97. The lowest BCUT2D eigenvalue weighted by Crippen LogP contribution is -2.38. The first-order valence-corrected chi connectivity index (χ1v) is 6.98. The number of anilines is 1. The van der Waals surface area contributed by atoms with E-state index in [2.05, 4.69) is 12.2 Å². The maximum Gasteiger partial charge on any atom is 0.238 e. The van der Waals surface area contributed by atoms with E-state index in [4.69, 9.17) is 0 Å². The van der Waals surface area contributed by atoms with E-state index in [-0.39, 0.29) is 41.3 Å². The van der Waals surface area contributed by atoms with Crippen LogP contribution < -0.4 is 4.90 Å². The third-order valence-electron chi connectivity index (χ3n) is 4.84. The van der Waals surface area contributed by atoms with Crippen LogP contribution >= 0.6 is 0 Å². The standard InChI is InChI=1S/C16H14FNO2/c17-11-5-7-12(8-6-11)18-15(19)13-9-1-2-10(4-3-9)14(13)16(18)20/h1-2,5-10,13-14H,3-4H2/t9-,10-,13+,14+/m1/s1. The van der Waals surface area contributed by atoms with Crippen LogP contribution in [0.1, 0.15) is 12.8 Å². The van der Waals surface area contributed by atoms with Gasteiger partial charge in [-0.3, -0.25) is 14.5 Å². The lowest BCUT2D eigenvalue weighted by atomic mass is 9.63. The Labute approximate surface area is 116 Å². The summed E-state index contributed by atoms with van der Waals surface area (Å²) < 4.78 is 13.0. The molecule has 3 nitrogen and oxygen atoms in total. The molecule has 20 heavy (non-hydrogen) atoms. The highest BCUT2D eigenvalue weighted by Crippen LogP contribution is 2.50. The summed E-state index contributed by atoms with van der Waals surface area (Å²) in [6.07, 6.45) is 6.15. The molecule has 0 N–H and O–H groups in total. The molecule has 4 atom stereocenters. The average Bonchev–Trinajstić information content (AvgIpc) is 2.76. The predicted octanol–water partition coefficient (Wildman–Crippen LogP) is 2.53. The van der Waals surface area contributed by atoms with Crippen molar-refractivity contribution in [3.63, 3.8) is 0 Å².